The lowest BCUT2D eigenvalue weighted by molar-refractivity contribution is -0.131. The number of carbonyl (C=O) groups excluding carboxylic acids is 2. The summed E-state index contributed by atoms with van der Waals surface area (Å²) in [4.78, 5) is 31.7. The largest absolute Gasteiger partial charge is 0.361 e. The summed E-state index contributed by atoms with van der Waals surface area (Å²) in [5.41, 5.74) is 5.00. The monoisotopic (exact) mass is 430 g/mol. The van der Waals surface area contributed by atoms with Gasteiger partial charge in [0, 0.05) is 36.3 Å². The Balaban J connectivity index is 1.23. The van der Waals surface area contributed by atoms with Gasteiger partial charge in [-0.2, -0.15) is 5.10 Å². The van der Waals surface area contributed by atoms with Crippen molar-refractivity contribution in [1.29, 1.82) is 0 Å². The lowest BCUT2D eigenvalue weighted by Gasteiger charge is -2.29. The number of hydrogen-bond acceptors (Lipinski definition) is 6. The zero-order valence-electron chi connectivity index (χ0n) is 17.6. The van der Waals surface area contributed by atoms with E-state index in [1.54, 1.807) is 37.4 Å². The van der Waals surface area contributed by atoms with Crippen molar-refractivity contribution >= 4 is 22.8 Å². The molecule has 0 spiro atoms. The molecule has 0 aliphatic carbocycles. The first kappa shape index (κ1) is 19.9. The van der Waals surface area contributed by atoms with Crippen LogP contribution in [0.3, 0.4) is 0 Å². The number of benzene rings is 1. The highest BCUT2D eigenvalue weighted by atomic mass is 16.5. The van der Waals surface area contributed by atoms with E-state index in [0.717, 1.165) is 28.6 Å². The number of aromatic nitrogens is 4. The lowest BCUT2D eigenvalue weighted by atomic mass is 9.98. The molecular weight excluding hydrogens is 408 g/mol. The number of carbonyl (C=O) groups is 2. The van der Waals surface area contributed by atoms with Crippen LogP contribution in [0.15, 0.2) is 47.2 Å². The lowest BCUT2D eigenvalue weighted by Crippen LogP contribution is -2.37. The van der Waals surface area contributed by atoms with Gasteiger partial charge in [0.1, 0.15) is 11.5 Å². The minimum absolute atomic E-state index is 0.0265. The Labute approximate surface area is 183 Å². The van der Waals surface area contributed by atoms with Gasteiger partial charge in [0.2, 0.25) is 5.91 Å². The van der Waals surface area contributed by atoms with Gasteiger partial charge < -0.3 is 14.7 Å². The molecule has 9 nitrogen and oxygen atoms in total. The molecule has 1 aliphatic rings. The van der Waals surface area contributed by atoms with Crippen LogP contribution in [-0.2, 0) is 30.7 Å². The van der Waals surface area contributed by atoms with Crippen molar-refractivity contribution in [3.63, 3.8) is 0 Å². The first-order valence-electron chi connectivity index (χ1n) is 10.4. The van der Waals surface area contributed by atoms with Gasteiger partial charge >= 0.3 is 0 Å². The predicted molar refractivity (Wildman–Crippen MR) is 116 cm³/mol. The molecule has 0 radical (unpaired) electrons. The van der Waals surface area contributed by atoms with Crippen molar-refractivity contribution in [3.05, 3.63) is 76.4 Å². The number of nitrogens with one attached hydrogen (secondary N) is 2. The number of aromatic amines is 1. The summed E-state index contributed by atoms with van der Waals surface area (Å²) in [7, 11) is 0. The normalized spacial score (nSPS) is 13.2. The van der Waals surface area contributed by atoms with E-state index in [2.05, 4.69) is 25.7 Å². The van der Waals surface area contributed by atoms with Crippen molar-refractivity contribution in [1.82, 2.24) is 30.6 Å². The molecule has 162 valence electrons. The van der Waals surface area contributed by atoms with Crippen molar-refractivity contribution in [2.45, 2.75) is 32.9 Å². The smallest absolute Gasteiger partial charge is 0.251 e. The average molecular weight is 430 g/mol. The molecule has 9 heteroatoms. The van der Waals surface area contributed by atoms with E-state index in [-0.39, 0.29) is 24.8 Å². The van der Waals surface area contributed by atoms with Crippen molar-refractivity contribution in [2.75, 3.05) is 6.54 Å². The standard InChI is InChI=1S/C23H22N6O3/c1-14-7-18(28-32-14)11-25-23(31)16-4-2-3-15(8-16)9-21(30)29-6-5-19-17(13-29)10-24-22-20(19)12-26-27-22/h2-4,7-8,10,12H,5-6,9,11,13H2,1H3,(H,25,31)(H,24,26,27). The molecule has 32 heavy (non-hydrogen) atoms. The molecule has 1 aromatic carbocycles. The molecule has 0 bridgehead atoms. The topological polar surface area (TPSA) is 117 Å². The van der Waals surface area contributed by atoms with E-state index in [9.17, 15) is 9.59 Å². The number of nitrogens with zero attached hydrogens (tertiary/aromatic N) is 4. The van der Waals surface area contributed by atoms with Crippen molar-refractivity contribution in [3.8, 4) is 0 Å². The van der Waals surface area contributed by atoms with Gasteiger partial charge in [-0.3, -0.25) is 14.7 Å². The molecule has 0 saturated carbocycles. The van der Waals surface area contributed by atoms with Crippen LogP contribution in [0.4, 0.5) is 0 Å². The van der Waals surface area contributed by atoms with Crippen molar-refractivity contribution in [2.24, 2.45) is 0 Å². The van der Waals surface area contributed by atoms with Crippen LogP contribution in [0.1, 0.15) is 38.5 Å². The zero-order chi connectivity index (χ0) is 22.1. The van der Waals surface area contributed by atoms with E-state index in [1.807, 2.05) is 17.2 Å². The maximum Gasteiger partial charge on any atom is 0.251 e. The summed E-state index contributed by atoms with van der Waals surface area (Å²) in [6.45, 7) is 3.26. The van der Waals surface area contributed by atoms with Gasteiger partial charge in [-0.25, -0.2) is 4.98 Å². The Hall–Kier alpha value is -4.01. The number of pyridine rings is 1. The molecule has 0 atom stereocenters. The Morgan fingerprint density at radius 2 is 2.16 bits per heavy atom. The molecule has 4 heterocycles. The van der Waals surface area contributed by atoms with Crippen LogP contribution >= 0.6 is 0 Å². The number of fused-ring (bicyclic) bond motifs is 3. The minimum atomic E-state index is -0.220. The maximum absolute atomic E-state index is 13.0. The molecule has 3 aromatic heterocycles. The minimum Gasteiger partial charge on any atom is -0.361 e. The Bertz CT molecular complexity index is 1310. The summed E-state index contributed by atoms with van der Waals surface area (Å²) < 4.78 is 5.01. The Morgan fingerprint density at radius 1 is 1.25 bits per heavy atom. The Morgan fingerprint density at radius 3 is 3.00 bits per heavy atom. The second-order valence-corrected chi connectivity index (χ2v) is 7.95. The van der Waals surface area contributed by atoms with E-state index < -0.39 is 0 Å². The van der Waals surface area contributed by atoms with Gasteiger partial charge in [0.05, 0.1) is 19.2 Å². The van der Waals surface area contributed by atoms with Gasteiger partial charge in [0.15, 0.2) is 5.65 Å². The molecule has 5 rings (SSSR count). The number of rotatable bonds is 5. The molecule has 0 unspecified atom stereocenters. The van der Waals surface area contributed by atoms with E-state index in [4.69, 9.17) is 4.52 Å². The van der Waals surface area contributed by atoms with E-state index in [1.165, 1.54) is 5.56 Å². The van der Waals surface area contributed by atoms with Crippen LogP contribution in [0, 0.1) is 6.92 Å². The van der Waals surface area contributed by atoms with Crippen LogP contribution < -0.4 is 5.32 Å². The van der Waals surface area contributed by atoms with Gasteiger partial charge in [-0.15, -0.1) is 0 Å². The van der Waals surface area contributed by atoms with Crippen molar-refractivity contribution < 1.29 is 14.1 Å². The zero-order valence-corrected chi connectivity index (χ0v) is 17.6. The highest BCUT2D eigenvalue weighted by Crippen LogP contribution is 2.25. The summed E-state index contributed by atoms with van der Waals surface area (Å²) >= 11 is 0. The second-order valence-electron chi connectivity index (χ2n) is 7.95. The molecule has 1 aliphatic heterocycles. The van der Waals surface area contributed by atoms with Crippen LogP contribution in [0.2, 0.25) is 0 Å². The number of amides is 2. The Kier molecular flexibility index (Phi) is 5.14. The second kappa shape index (κ2) is 8.26. The fourth-order valence-electron chi connectivity index (χ4n) is 4.05. The molecular formula is C23H22N6O3. The third-order valence-electron chi connectivity index (χ3n) is 5.68. The summed E-state index contributed by atoms with van der Waals surface area (Å²) in [5.74, 6) is 0.501. The molecule has 2 amide bonds. The molecule has 2 N–H and O–H groups in total. The number of aryl methyl sites for hydroxylation is 1. The summed E-state index contributed by atoms with van der Waals surface area (Å²) in [6.07, 6.45) is 4.61. The van der Waals surface area contributed by atoms with Crippen LogP contribution in [0.25, 0.3) is 11.0 Å². The molecule has 0 saturated heterocycles. The quantitative estimate of drug-likeness (QED) is 0.502. The summed E-state index contributed by atoms with van der Waals surface area (Å²) in [6, 6.07) is 8.93. The van der Waals surface area contributed by atoms with Gasteiger partial charge in [-0.05, 0) is 42.2 Å². The fraction of sp³-hybridized carbons (Fsp3) is 0.261. The number of hydrogen-bond donors (Lipinski definition) is 2. The fourth-order valence-corrected chi connectivity index (χ4v) is 4.05. The highest BCUT2D eigenvalue weighted by molar-refractivity contribution is 5.94. The maximum atomic E-state index is 13.0. The average Bonchev–Trinajstić information content (AvgIpc) is 3.46. The van der Waals surface area contributed by atoms with E-state index in [0.29, 0.717) is 30.1 Å². The van der Waals surface area contributed by atoms with Gasteiger partial charge in [0.25, 0.3) is 5.91 Å². The molecule has 4 aromatic rings. The van der Waals surface area contributed by atoms with Crippen LogP contribution in [0.5, 0.6) is 0 Å². The first-order valence-corrected chi connectivity index (χ1v) is 10.4. The third kappa shape index (κ3) is 3.96. The summed E-state index contributed by atoms with van der Waals surface area (Å²) in [5, 5.41) is 14.7. The first-order chi connectivity index (χ1) is 15.6. The van der Waals surface area contributed by atoms with Crippen LogP contribution in [-0.4, -0.2) is 43.6 Å². The highest BCUT2D eigenvalue weighted by Gasteiger charge is 2.23. The van der Waals surface area contributed by atoms with Gasteiger partial charge in [-0.1, -0.05) is 17.3 Å². The molecule has 0 fully saturated rings. The SMILES string of the molecule is Cc1cc(CNC(=O)c2cccc(CC(=O)N3CCc4c(cnc5[nH]ncc45)C3)c2)no1. The predicted octanol–water partition coefficient (Wildman–Crippen LogP) is 2.31. The third-order valence-corrected chi connectivity index (χ3v) is 5.68. The van der Waals surface area contributed by atoms with E-state index >= 15 is 0 Å². The number of H-pyrrole nitrogens is 1.